The van der Waals surface area contributed by atoms with E-state index in [9.17, 15) is 13.2 Å². The molecule has 0 N–H and O–H groups in total. The molecule has 4 nitrogen and oxygen atoms in total. The lowest BCUT2D eigenvalue weighted by Crippen LogP contribution is -2.20. The predicted octanol–water partition coefficient (Wildman–Crippen LogP) is 2.38. The molecule has 1 aliphatic heterocycles. The fourth-order valence-corrected chi connectivity index (χ4v) is 1.50. The number of rotatable bonds is 4. The van der Waals surface area contributed by atoms with Gasteiger partial charge in [-0.05, 0) is 11.6 Å². The molecule has 0 aliphatic carbocycles. The molecule has 0 aromatic carbocycles. The Bertz CT molecular complexity index is 468. The minimum atomic E-state index is -4.35. The van der Waals surface area contributed by atoms with Gasteiger partial charge in [0.15, 0.2) is 6.61 Å². The number of ether oxygens (including phenoxy) is 1. The Hall–Kier alpha value is -2.05. The van der Waals surface area contributed by atoms with Crippen LogP contribution in [0.25, 0.3) is 0 Å². The van der Waals surface area contributed by atoms with E-state index in [2.05, 4.69) is 14.7 Å². The van der Waals surface area contributed by atoms with Gasteiger partial charge in [-0.25, -0.2) is 4.98 Å². The highest BCUT2D eigenvalue weighted by atomic mass is 19.4. The maximum atomic E-state index is 11.9. The third kappa shape index (κ3) is 4.61. The van der Waals surface area contributed by atoms with Gasteiger partial charge in [0, 0.05) is 31.2 Å². The third-order valence-electron chi connectivity index (χ3n) is 2.32. The van der Waals surface area contributed by atoms with Gasteiger partial charge in [0.25, 0.3) is 0 Å². The number of alkyl halides is 3. The first-order chi connectivity index (χ1) is 9.03. The highest BCUT2D eigenvalue weighted by Gasteiger charge is 2.28. The number of halogens is 3. The quantitative estimate of drug-likeness (QED) is 0.843. The van der Waals surface area contributed by atoms with Gasteiger partial charge in [0.1, 0.15) is 6.67 Å². The number of hydrogen-bond acceptors (Lipinski definition) is 4. The Balaban J connectivity index is 1.87. The van der Waals surface area contributed by atoms with Crippen molar-refractivity contribution in [2.75, 3.05) is 13.3 Å². The minimum Gasteiger partial charge on any atom is -0.468 e. The zero-order chi connectivity index (χ0) is 13.7. The molecular formula is C12H12F3N3O. The summed E-state index contributed by atoms with van der Waals surface area (Å²) >= 11 is 0. The van der Waals surface area contributed by atoms with E-state index in [0.717, 1.165) is 5.56 Å². The molecule has 7 heteroatoms. The number of aromatic nitrogens is 1. The molecule has 0 saturated carbocycles. The lowest BCUT2D eigenvalue weighted by Gasteiger charge is -2.19. The Labute approximate surface area is 108 Å². The van der Waals surface area contributed by atoms with Crippen molar-refractivity contribution in [3.8, 4) is 5.88 Å². The lowest BCUT2D eigenvalue weighted by atomic mass is 10.2. The first kappa shape index (κ1) is 13.4. The van der Waals surface area contributed by atoms with Crippen LogP contribution in [0.4, 0.5) is 13.2 Å². The van der Waals surface area contributed by atoms with Crippen LogP contribution in [-0.2, 0) is 6.54 Å². The molecule has 0 spiro atoms. The molecule has 0 radical (unpaired) electrons. The van der Waals surface area contributed by atoms with Crippen molar-refractivity contribution in [1.29, 1.82) is 0 Å². The summed E-state index contributed by atoms with van der Waals surface area (Å²) in [6, 6.07) is 3.11. The number of aliphatic imine (C=N–C) groups is 1. The molecule has 102 valence electrons. The fraction of sp³-hybridized carbons (Fsp3) is 0.333. The van der Waals surface area contributed by atoms with Crippen molar-refractivity contribution in [3.05, 3.63) is 36.2 Å². The molecule has 0 amide bonds. The van der Waals surface area contributed by atoms with Crippen molar-refractivity contribution >= 4 is 6.21 Å². The van der Waals surface area contributed by atoms with Gasteiger partial charge in [-0.2, -0.15) is 13.2 Å². The normalized spacial score (nSPS) is 14.8. The SMILES string of the molecule is FC(F)(F)COc1ccc(CN2C=CC=NC2)cn1. The van der Waals surface area contributed by atoms with Gasteiger partial charge < -0.3 is 9.64 Å². The summed E-state index contributed by atoms with van der Waals surface area (Å²) in [7, 11) is 0. The van der Waals surface area contributed by atoms with Crippen LogP contribution in [0, 0.1) is 0 Å². The molecular weight excluding hydrogens is 259 g/mol. The van der Waals surface area contributed by atoms with Crippen molar-refractivity contribution in [1.82, 2.24) is 9.88 Å². The summed E-state index contributed by atoms with van der Waals surface area (Å²) in [6.07, 6.45) is 2.57. The van der Waals surface area contributed by atoms with Crippen LogP contribution >= 0.6 is 0 Å². The summed E-state index contributed by atoms with van der Waals surface area (Å²) in [5.74, 6) is -0.0340. The Kier molecular flexibility index (Phi) is 4.03. The minimum absolute atomic E-state index is 0.0340. The van der Waals surface area contributed by atoms with E-state index >= 15 is 0 Å². The molecule has 1 aromatic rings. The molecule has 0 unspecified atom stereocenters. The fourth-order valence-electron chi connectivity index (χ4n) is 1.50. The number of allylic oxidation sites excluding steroid dienone is 1. The summed E-state index contributed by atoms with van der Waals surface area (Å²) < 4.78 is 40.4. The van der Waals surface area contributed by atoms with Crippen LogP contribution in [-0.4, -0.2) is 35.6 Å². The standard InChI is InChI=1S/C12H12F3N3O/c13-12(14,15)8-19-11-3-2-10(6-17-11)7-18-5-1-4-16-9-18/h1-6H,7-9H2. The van der Waals surface area contributed by atoms with E-state index in [4.69, 9.17) is 0 Å². The van der Waals surface area contributed by atoms with Crippen molar-refractivity contribution in [3.63, 3.8) is 0 Å². The monoisotopic (exact) mass is 271 g/mol. The van der Waals surface area contributed by atoms with Crippen LogP contribution in [0.3, 0.4) is 0 Å². The van der Waals surface area contributed by atoms with Crippen molar-refractivity contribution < 1.29 is 17.9 Å². The Morgan fingerprint density at radius 1 is 1.32 bits per heavy atom. The van der Waals surface area contributed by atoms with Crippen LogP contribution in [0.1, 0.15) is 5.56 Å². The molecule has 2 rings (SSSR count). The molecule has 0 bridgehead atoms. The highest BCUT2D eigenvalue weighted by molar-refractivity contribution is 5.71. The van der Waals surface area contributed by atoms with Gasteiger partial charge in [0.2, 0.25) is 5.88 Å². The van der Waals surface area contributed by atoms with Crippen LogP contribution < -0.4 is 4.74 Å². The van der Waals surface area contributed by atoms with Gasteiger partial charge in [-0.15, -0.1) is 0 Å². The maximum absolute atomic E-state index is 11.9. The zero-order valence-corrected chi connectivity index (χ0v) is 9.97. The van der Waals surface area contributed by atoms with Crippen LogP contribution in [0.15, 0.2) is 35.6 Å². The second-order valence-corrected chi connectivity index (χ2v) is 3.97. The van der Waals surface area contributed by atoms with E-state index < -0.39 is 12.8 Å². The van der Waals surface area contributed by atoms with E-state index in [1.807, 2.05) is 17.2 Å². The second-order valence-electron chi connectivity index (χ2n) is 3.97. The summed E-state index contributed by atoms with van der Waals surface area (Å²) in [5, 5.41) is 0. The summed E-state index contributed by atoms with van der Waals surface area (Å²) in [4.78, 5) is 9.86. The zero-order valence-electron chi connectivity index (χ0n) is 9.97. The van der Waals surface area contributed by atoms with Gasteiger partial charge >= 0.3 is 6.18 Å². The smallest absolute Gasteiger partial charge is 0.422 e. The van der Waals surface area contributed by atoms with Crippen LogP contribution in [0.2, 0.25) is 0 Å². The molecule has 0 saturated heterocycles. The highest BCUT2D eigenvalue weighted by Crippen LogP contribution is 2.17. The average molecular weight is 271 g/mol. The first-order valence-electron chi connectivity index (χ1n) is 5.58. The van der Waals surface area contributed by atoms with Gasteiger partial charge in [-0.3, -0.25) is 4.99 Å². The van der Waals surface area contributed by atoms with E-state index in [1.54, 1.807) is 12.3 Å². The molecule has 1 aromatic heterocycles. The Morgan fingerprint density at radius 3 is 2.74 bits per heavy atom. The average Bonchev–Trinajstić information content (AvgIpc) is 2.38. The lowest BCUT2D eigenvalue weighted by molar-refractivity contribution is -0.154. The third-order valence-corrected chi connectivity index (χ3v) is 2.32. The summed E-state index contributed by atoms with van der Waals surface area (Å²) in [5.41, 5.74) is 0.876. The number of pyridine rings is 1. The van der Waals surface area contributed by atoms with Crippen molar-refractivity contribution in [2.45, 2.75) is 12.7 Å². The van der Waals surface area contributed by atoms with Crippen molar-refractivity contribution in [2.24, 2.45) is 4.99 Å². The topological polar surface area (TPSA) is 37.7 Å². The molecule has 0 atom stereocenters. The Morgan fingerprint density at radius 2 is 2.16 bits per heavy atom. The molecule has 1 aliphatic rings. The molecule has 2 heterocycles. The molecule has 0 fully saturated rings. The van der Waals surface area contributed by atoms with Gasteiger partial charge in [0.05, 0.1) is 0 Å². The van der Waals surface area contributed by atoms with E-state index in [-0.39, 0.29) is 5.88 Å². The number of hydrogen-bond donors (Lipinski definition) is 0. The molecule has 19 heavy (non-hydrogen) atoms. The largest absolute Gasteiger partial charge is 0.468 e. The maximum Gasteiger partial charge on any atom is 0.422 e. The van der Waals surface area contributed by atoms with Crippen LogP contribution in [0.5, 0.6) is 5.88 Å². The second kappa shape index (κ2) is 5.73. The summed E-state index contributed by atoms with van der Waals surface area (Å²) in [6.45, 7) is -0.174. The van der Waals surface area contributed by atoms with E-state index in [0.29, 0.717) is 13.2 Å². The predicted molar refractivity (Wildman–Crippen MR) is 63.8 cm³/mol. The first-order valence-corrected chi connectivity index (χ1v) is 5.58. The van der Waals surface area contributed by atoms with Gasteiger partial charge in [-0.1, -0.05) is 6.07 Å². The van der Waals surface area contributed by atoms with E-state index in [1.165, 1.54) is 12.3 Å². The number of nitrogens with zero attached hydrogens (tertiary/aromatic N) is 3.